The highest BCUT2D eigenvalue weighted by atomic mass is 35.5. The Morgan fingerprint density at radius 1 is 0.902 bits per heavy atom. The lowest BCUT2D eigenvalue weighted by Crippen LogP contribution is -2.35. The molecule has 51 heavy (non-hydrogen) atoms. The van der Waals surface area contributed by atoms with Crippen LogP contribution in [0.3, 0.4) is 0 Å². The number of methoxy groups -OCH3 is 2. The van der Waals surface area contributed by atoms with Gasteiger partial charge in [-0.2, -0.15) is 0 Å². The minimum Gasteiger partial charge on any atom is -0.495 e. The molecule has 0 bridgehead atoms. The lowest BCUT2D eigenvalue weighted by atomic mass is 10.0. The van der Waals surface area contributed by atoms with Gasteiger partial charge in [-0.05, 0) is 49.6 Å². The number of aromatic nitrogens is 3. The van der Waals surface area contributed by atoms with Gasteiger partial charge in [-0.15, -0.1) is 0 Å². The average Bonchev–Trinajstić information content (AvgIpc) is 3.76. The molecule has 0 saturated carbocycles. The second-order valence-corrected chi connectivity index (χ2v) is 12.9. The molecule has 2 saturated heterocycles. The van der Waals surface area contributed by atoms with E-state index < -0.39 is 0 Å². The van der Waals surface area contributed by atoms with E-state index in [9.17, 15) is 14.4 Å². The van der Waals surface area contributed by atoms with Crippen LogP contribution in [0, 0.1) is 6.92 Å². The van der Waals surface area contributed by atoms with E-state index in [1.54, 1.807) is 32.5 Å². The summed E-state index contributed by atoms with van der Waals surface area (Å²) < 4.78 is 11.1. The van der Waals surface area contributed by atoms with E-state index >= 15 is 0 Å². The molecule has 0 radical (unpaired) electrons. The summed E-state index contributed by atoms with van der Waals surface area (Å²) in [6.07, 6.45) is 5.92. The van der Waals surface area contributed by atoms with Gasteiger partial charge in [0.05, 0.1) is 36.8 Å². The summed E-state index contributed by atoms with van der Waals surface area (Å²) in [6.45, 7) is 4.14. The van der Waals surface area contributed by atoms with Crippen molar-refractivity contribution in [3.05, 3.63) is 82.3 Å². The fourth-order valence-electron chi connectivity index (χ4n) is 6.33. The highest BCUT2D eigenvalue weighted by Gasteiger charge is 2.22. The van der Waals surface area contributed by atoms with Crippen LogP contribution in [0.5, 0.6) is 11.6 Å². The van der Waals surface area contributed by atoms with E-state index in [4.69, 9.17) is 26.1 Å². The first-order valence-corrected chi connectivity index (χ1v) is 17.2. The number of carbonyl (C=O) groups is 3. The minimum absolute atomic E-state index is 0.0634. The number of nitrogens with zero attached hydrogens (tertiary/aromatic N) is 3. The molecule has 5 heterocycles. The molecule has 0 aliphatic carbocycles. The molecule has 4 aromatic rings. The van der Waals surface area contributed by atoms with Crippen molar-refractivity contribution in [1.29, 1.82) is 0 Å². The maximum absolute atomic E-state index is 13.5. The van der Waals surface area contributed by atoms with Crippen LogP contribution in [0.15, 0.2) is 54.9 Å². The van der Waals surface area contributed by atoms with Gasteiger partial charge in [-0.3, -0.25) is 19.4 Å². The Hall–Kier alpha value is -5.11. The Morgan fingerprint density at radius 3 is 2.25 bits per heavy atom. The molecule has 0 unspecified atom stereocenters. The molecule has 2 fully saturated rings. The number of benzene rings is 1. The molecule has 2 atom stereocenters. The van der Waals surface area contributed by atoms with E-state index in [1.165, 1.54) is 6.20 Å². The van der Waals surface area contributed by atoms with Crippen molar-refractivity contribution in [2.24, 2.45) is 0 Å². The molecule has 2 aliphatic heterocycles. The van der Waals surface area contributed by atoms with Gasteiger partial charge in [0, 0.05) is 85.2 Å². The molecule has 13 nitrogen and oxygen atoms in total. The van der Waals surface area contributed by atoms with Crippen molar-refractivity contribution in [3.63, 3.8) is 0 Å². The molecule has 3 aromatic heterocycles. The van der Waals surface area contributed by atoms with Crippen molar-refractivity contribution >= 4 is 35.0 Å². The van der Waals surface area contributed by atoms with E-state index in [1.807, 2.05) is 37.3 Å². The second-order valence-electron chi connectivity index (χ2n) is 12.6. The van der Waals surface area contributed by atoms with E-state index in [0.717, 1.165) is 35.1 Å². The van der Waals surface area contributed by atoms with E-state index in [2.05, 4.69) is 36.6 Å². The lowest BCUT2D eigenvalue weighted by Gasteiger charge is -2.16. The predicted molar refractivity (Wildman–Crippen MR) is 194 cm³/mol. The van der Waals surface area contributed by atoms with Crippen LogP contribution in [0.25, 0.3) is 22.5 Å². The molecular formula is C37H41ClN8O5. The van der Waals surface area contributed by atoms with Gasteiger partial charge >= 0.3 is 0 Å². The topological polar surface area (TPSA) is 168 Å². The van der Waals surface area contributed by atoms with Gasteiger partial charge in [0.25, 0.3) is 5.91 Å². The number of carbonyl (C=O) groups excluding carboxylic acids is 3. The predicted octanol–water partition coefficient (Wildman–Crippen LogP) is 4.17. The molecular weight excluding hydrogens is 672 g/mol. The number of hydrogen-bond acceptors (Lipinski definition) is 10. The Labute approximate surface area is 301 Å². The molecule has 6 rings (SSSR count). The first-order valence-electron chi connectivity index (χ1n) is 16.9. The fourth-order valence-corrected chi connectivity index (χ4v) is 6.64. The third-order valence-corrected chi connectivity index (χ3v) is 9.50. The van der Waals surface area contributed by atoms with Crippen molar-refractivity contribution in [2.75, 3.05) is 32.6 Å². The number of nitrogens with one attached hydrogen (secondary N) is 5. The van der Waals surface area contributed by atoms with Gasteiger partial charge in [0.1, 0.15) is 11.4 Å². The summed E-state index contributed by atoms with van der Waals surface area (Å²) >= 11 is 7.02. The number of halogens is 1. The Bertz CT molecular complexity index is 1940. The lowest BCUT2D eigenvalue weighted by molar-refractivity contribution is -0.120. The monoisotopic (exact) mass is 712 g/mol. The summed E-state index contributed by atoms with van der Waals surface area (Å²) in [6, 6.07) is 13.1. The normalized spacial score (nSPS) is 16.9. The minimum atomic E-state index is -0.381. The van der Waals surface area contributed by atoms with Gasteiger partial charge < -0.3 is 36.1 Å². The third-order valence-electron chi connectivity index (χ3n) is 9.12. The number of ether oxygens (including phenoxy) is 2. The number of anilines is 1. The van der Waals surface area contributed by atoms with Crippen LogP contribution in [0.2, 0.25) is 5.02 Å². The van der Waals surface area contributed by atoms with Crippen LogP contribution in [0.4, 0.5) is 5.69 Å². The largest absolute Gasteiger partial charge is 0.495 e. The summed E-state index contributed by atoms with van der Waals surface area (Å²) in [5.74, 6) is 0.799. The summed E-state index contributed by atoms with van der Waals surface area (Å²) in [5.41, 5.74) is 5.84. The van der Waals surface area contributed by atoms with Crippen molar-refractivity contribution < 1.29 is 23.9 Å². The molecule has 266 valence electrons. The number of rotatable bonds is 14. The molecule has 5 N–H and O–H groups in total. The fraction of sp³-hybridized carbons (Fsp3) is 0.351. The molecule has 1 aromatic carbocycles. The van der Waals surface area contributed by atoms with Crippen molar-refractivity contribution in [2.45, 2.75) is 57.8 Å². The summed E-state index contributed by atoms with van der Waals surface area (Å²) in [4.78, 5) is 50.2. The van der Waals surface area contributed by atoms with Crippen LogP contribution < -0.4 is 36.1 Å². The van der Waals surface area contributed by atoms with Crippen molar-refractivity contribution in [3.8, 4) is 34.1 Å². The SMILES string of the molecule is COc1cnc(C(=O)Nc2cccc(-c3nccc(-c4ccc(CNC[C@@H]5CCC(=O)N5)c(OC)n4)c3Cl)c2C)cc1CNC[C@@H]1CCC(=O)N1. The zero-order valence-corrected chi connectivity index (χ0v) is 29.5. The first-order chi connectivity index (χ1) is 24.7. The highest BCUT2D eigenvalue weighted by Crippen LogP contribution is 2.38. The van der Waals surface area contributed by atoms with Gasteiger partial charge in [-0.25, -0.2) is 9.97 Å². The molecule has 2 aliphatic rings. The van der Waals surface area contributed by atoms with Gasteiger partial charge in [0.15, 0.2) is 0 Å². The van der Waals surface area contributed by atoms with Crippen LogP contribution in [0.1, 0.15) is 52.9 Å². The Balaban J connectivity index is 1.16. The maximum atomic E-state index is 13.5. The first kappa shape index (κ1) is 35.7. The standard InChI is InChI=1S/C37H41ClN8O5/c1-21-26(5-4-6-28(21)45-36(49)30-15-23(31(50-2)20-42-30)17-40-19-25-9-12-33(48)44-25)35-34(38)27(13-14-41-35)29-10-7-22(37(46-29)51-3)16-39-18-24-8-11-32(47)43-24/h4-7,10,13-15,20,24-25,39-40H,8-9,11-12,16-19H2,1-3H3,(H,43,47)(H,44,48)(H,45,49)/t24-,25-/m0/s1. The van der Waals surface area contributed by atoms with Crippen LogP contribution in [-0.2, 0) is 22.7 Å². The molecule has 14 heteroatoms. The van der Waals surface area contributed by atoms with E-state index in [0.29, 0.717) is 78.3 Å². The van der Waals surface area contributed by atoms with Crippen LogP contribution >= 0.6 is 11.6 Å². The molecule has 0 spiro atoms. The maximum Gasteiger partial charge on any atom is 0.274 e. The van der Waals surface area contributed by atoms with Gasteiger partial charge in [-0.1, -0.05) is 29.8 Å². The third kappa shape index (κ3) is 8.44. The average molecular weight is 713 g/mol. The van der Waals surface area contributed by atoms with Crippen molar-refractivity contribution in [1.82, 2.24) is 36.2 Å². The quantitative estimate of drug-likeness (QED) is 0.128. The molecule has 3 amide bonds. The Morgan fingerprint density at radius 2 is 1.61 bits per heavy atom. The van der Waals surface area contributed by atoms with Crippen LogP contribution in [-0.4, -0.2) is 72.1 Å². The second kappa shape index (κ2) is 16.3. The highest BCUT2D eigenvalue weighted by molar-refractivity contribution is 6.35. The summed E-state index contributed by atoms with van der Waals surface area (Å²) in [7, 11) is 3.13. The Kier molecular flexibility index (Phi) is 11.4. The number of amides is 3. The zero-order valence-electron chi connectivity index (χ0n) is 28.8. The number of hydrogen-bond donors (Lipinski definition) is 5. The van der Waals surface area contributed by atoms with E-state index in [-0.39, 0.29) is 35.5 Å². The number of pyridine rings is 3. The smallest absolute Gasteiger partial charge is 0.274 e. The summed E-state index contributed by atoms with van der Waals surface area (Å²) in [5, 5.41) is 16.0. The zero-order chi connectivity index (χ0) is 35.9. The van der Waals surface area contributed by atoms with Gasteiger partial charge in [0.2, 0.25) is 17.7 Å².